The molecule has 9 heteroatoms. The van der Waals surface area contributed by atoms with Crippen LogP contribution in [-0.2, 0) is 23.5 Å². The minimum absolute atomic E-state index is 0.0189. The van der Waals surface area contributed by atoms with Crippen molar-refractivity contribution >= 4 is 20.0 Å². The first-order valence-corrected chi connectivity index (χ1v) is 21.3. The zero-order chi connectivity index (χ0) is 33.7. The molecular weight excluding hydrogens is 586 g/mol. The molecule has 3 N–H and O–H groups in total. The zero-order valence-electron chi connectivity index (χ0n) is 30.2. The fraction of sp³-hybridized carbons (Fsp3) is 0.944. The number of unbranched alkanes of at least 4 members (excludes halogenated alkanes) is 15. The molecule has 266 valence electrons. The Balaban J connectivity index is 2.65. The number of rotatable bonds is 26. The Morgan fingerprint density at radius 2 is 1.27 bits per heavy atom. The summed E-state index contributed by atoms with van der Waals surface area (Å²) in [5.41, 5.74) is 0. The first kappa shape index (κ1) is 42.2. The predicted molar refractivity (Wildman–Crippen MR) is 186 cm³/mol. The number of Topliss-reactive ketones (excluding diaryl/α,β-unsaturated/α-hetero) is 1. The first-order valence-electron chi connectivity index (χ1n) is 18.4. The molecule has 0 aromatic heterocycles. The highest BCUT2D eigenvalue weighted by Crippen LogP contribution is 2.37. The van der Waals surface area contributed by atoms with E-state index in [1.54, 1.807) is 0 Å². The van der Waals surface area contributed by atoms with Gasteiger partial charge in [0.25, 0.3) is 0 Å². The normalized spacial score (nSPS) is 22.5. The van der Waals surface area contributed by atoms with Crippen LogP contribution in [0.2, 0.25) is 18.1 Å². The maximum absolute atomic E-state index is 12.9. The molecular formula is C36H71NO7Si. The molecule has 1 fully saturated rings. The molecule has 1 aliphatic heterocycles. The average Bonchev–Trinajstić information content (AvgIpc) is 2.97. The Labute approximate surface area is 277 Å². The van der Waals surface area contributed by atoms with Crippen LogP contribution in [0.25, 0.3) is 0 Å². The number of nitrogens with one attached hydrogen (secondary N) is 1. The lowest BCUT2D eigenvalue weighted by molar-refractivity contribution is -0.261. The summed E-state index contributed by atoms with van der Waals surface area (Å²) in [6, 6.07) is -0.980. The highest BCUT2D eigenvalue weighted by molar-refractivity contribution is 6.74. The fourth-order valence-corrected chi connectivity index (χ4v) is 6.54. The summed E-state index contributed by atoms with van der Waals surface area (Å²) in [6.45, 7) is 15.7. The minimum atomic E-state index is -2.12. The second-order valence-corrected chi connectivity index (χ2v) is 19.6. The molecule has 0 aromatic rings. The van der Waals surface area contributed by atoms with Crippen LogP contribution in [0.1, 0.15) is 157 Å². The highest BCUT2D eigenvalue weighted by Gasteiger charge is 2.47. The van der Waals surface area contributed by atoms with Gasteiger partial charge < -0.3 is 29.4 Å². The second kappa shape index (κ2) is 23.5. The lowest BCUT2D eigenvalue weighted by Crippen LogP contribution is -2.65. The SMILES string of the molecule is CCCCCCCCCCCC(=O)CC(=O)N[C@@H]1[C@@H](OCCCCCCCCCC)[C@H](O)[C@@H](CO[Si](C)(C)C(C)(C)C)O[C@H]1O. The summed E-state index contributed by atoms with van der Waals surface area (Å²) in [6.07, 6.45) is 15.7. The van der Waals surface area contributed by atoms with E-state index in [-0.39, 0.29) is 23.8 Å². The van der Waals surface area contributed by atoms with E-state index in [4.69, 9.17) is 13.9 Å². The minimum Gasteiger partial charge on any atom is -0.414 e. The Bertz CT molecular complexity index is 788. The molecule has 0 bridgehead atoms. The first-order chi connectivity index (χ1) is 21.3. The third-order valence-corrected chi connectivity index (χ3v) is 14.2. The fourth-order valence-electron chi connectivity index (χ4n) is 5.52. The van der Waals surface area contributed by atoms with Crippen molar-refractivity contribution in [1.29, 1.82) is 0 Å². The van der Waals surface area contributed by atoms with Gasteiger partial charge in [-0.2, -0.15) is 0 Å². The quantitative estimate of drug-likeness (QED) is 0.0491. The van der Waals surface area contributed by atoms with Gasteiger partial charge in [-0.05, 0) is 31.0 Å². The van der Waals surface area contributed by atoms with Gasteiger partial charge in [-0.15, -0.1) is 0 Å². The van der Waals surface area contributed by atoms with Crippen molar-refractivity contribution < 1.29 is 33.7 Å². The van der Waals surface area contributed by atoms with Crippen molar-refractivity contribution in [3.8, 4) is 0 Å². The van der Waals surface area contributed by atoms with Gasteiger partial charge in [0, 0.05) is 13.0 Å². The number of ketones is 1. The average molecular weight is 658 g/mol. The highest BCUT2D eigenvalue weighted by atomic mass is 28.4. The predicted octanol–water partition coefficient (Wildman–Crippen LogP) is 7.98. The molecule has 0 aromatic carbocycles. The lowest BCUT2D eigenvalue weighted by atomic mass is 9.96. The number of hydrogen-bond donors (Lipinski definition) is 3. The molecule has 45 heavy (non-hydrogen) atoms. The summed E-state index contributed by atoms with van der Waals surface area (Å²) >= 11 is 0. The molecule has 1 amide bonds. The van der Waals surface area contributed by atoms with Crippen LogP contribution in [0.5, 0.6) is 0 Å². The van der Waals surface area contributed by atoms with Gasteiger partial charge in [-0.3, -0.25) is 9.59 Å². The van der Waals surface area contributed by atoms with Crippen molar-refractivity contribution in [3.63, 3.8) is 0 Å². The van der Waals surface area contributed by atoms with Crippen molar-refractivity contribution in [1.82, 2.24) is 5.32 Å². The van der Waals surface area contributed by atoms with Gasteiger partial charge in [-0.1, -0.05) is 131 Å². The van der Waals surface area contributed by atoms with Crippen molar-refractivity contribution in [2.24, 2.45) is 0 Å². The molecule has 0 spiro atoms. The lowest BCUT2D eigenvalue weighted by Gasteiger charge is -2.44. The van der Waals surface area contributed by atoms with Crippen molar-refractivity contribution in [2.75, 3.05) is 13.2 Å². The molecule has 0 saturated carbocycles. The van der Waals surface area contributed by atoms with Crippen LogP contribution in [-0.4, -0.2) is 74.1 Å². The summed E-state index contributed by atoms with van der Waals surface area (Å²) < 4.78 is 18.3. The van der Waals surface area contributed by atoms with Gasteiger partial charge in [0.1, 0.15) is 30.1 Å². The van der Waals surface area contributed by atoms with Crippen LogP contribution in [0, 0.1) is 0 Å². The Morgan fingerprint density at radius 1 is 0.778 bits per heavy atom. The molecule has 1 rings (SSSR count). The smallest absolute Gasteiger partial charge is 0.227 e. The van der Waals surface area contributed by atoms with Crippen LogP contribution < -0.4 is 5.32 Å². The Hall–Kier alpha value is -0.843. The number of aliphatic hydroxyl groups excluding tert-OH is 2. The van der Waals surface area contributed by atoms with Gasteiger partial charge in [0.05, 0.1) is 13.0 Å². The van der Waals surface area contributed by atoms with E-state index in [0.717, 1.165) is 38.5 Å². The van der Waals surface area contributed by atoms with Crippen LogP contribution in [0.3, 0.4) is 0 Å². The topological polar surface area (TPSA) is 114 Å². The number of aliphatic hydroxyl groups is 2. The van der Waals surface area contributed by atoms with E-state index >= 15 is 0 Å². The van der Waals surface area contributed by atoms with E-state index in [2.05, 4.69) is 53.0 Å². The number of carbonyl (C=O) groups excluding carboxylic acids is 2. The van der Waals surface area contributed by atoms with Gasteiger partial charge in [-0.25, -0.2) is 0 Å². The number of amides is 1. The zero-order valence-corrected chi connectivity index (χ0v) is 31.2. The van der Waals surface area contributed by atoms with E-state index in [1.807, 2.05) is 0 Å². The van der Waals surface area contributed by atoms with Crippen LogP contribution in [0.15, 0.2) is 0 Å². The van der Waals surface area contributed by atoms with Gasteiger partial charge in [0.2, 0.25) is 5.91 Å². The standard InChI is InChI=1S/C36H71NO7Si/c1-8-10-12-14-16-18-19-21-23-25-29(38)27-31(39)37-32-34(42-26-24-22-20-17-15-13-11-9-2)33(40)30(44-35(32)41)28-43-45(6,7)36(3,4)5/h30,32-35,40-41H,8-28H2,1-7H3,(H,37,39)/t30-,32-,33-,34-,35-/m1/s1. The molecule has 8 nitrogen and oxygen atoms in total. The summed E-state index contributed by atoms with van der Waals surface area (Å²) in [5.74, 6) is -0.591. The van der Waals surface area contributed by atoms with E-state index in [1.165, 1.54) is 70.6 Å². The largest absolute Gasteiger partial charge is 0.414 e. The number of carbonyl (C=O) groups is 2. The Morgan fingerprint density at radius 3 is 1.78 bits per heavy atom. The van der Waals surface area contributed by atoms with E-state index < -0.39 is 44.9 Å². The van der Waals surface area contributed by atoms with Gasteiger partial charge >= 0.3 is 0 Å². The molecule has 0 aliphatic carbocycles. The van der Waals surface area contributed by atoms with Crippen LogP contribution >= 0.6 is 0 Å². The summed E-state index contributed by atoms with van der Waals surface area (Å²) in [7, 11) is -2.12. The monoisotopic (exact) mass is 657 g/mol. The molecule has 5 atom stereocenters. The molecule has 1 heterocycles. The number of hydrogen-bond acceptors (Lipinski definition) is 7. The van der Waals surface area contributed by atoms with Crippen LogP contribution in [0.4, 0.5) is 0 Å². The third kappa shape index (κ3) is 17.8. The summed E-state index contributed by atoms with van der Waals surface area (Å²) in [4.78, 5) is 25.4. The Kier molecular flexibility index (Phi) is 22.0. The molecule has 0 radical (unpaired) electrons. The van der Waals surface area contributed by atoms with Crippen molar-refractivity contribution in [2.45, 2.75) is 205 Å². The molecule has 1 aliphatic rings. The summed E-state index contributed by atoms with van der Waals surface area (Å²) in [5, 5.41) is 25.1. The third-order valence-electron chi connectivity index (χ3n) is 9.66. The van der Waals surface area contributed by atoms with Crippen molar-refractivity contribution in [3.05, 3.63) is 0 Å². The van der Waals surface area contributed by atoms with E-state index in [9.17, 15) is 19.8 Å². The molecule has 0 unspecified atom stereocenters. The van der Waals surface area contributed by atoms with E-state index in [0.29, 0.717) is 13.0 Å². The number of ether oxygens (including phenoxy) is 2. The second-order valence-electron chi connectivity index (χ2n) is 14.8. The van der Waals surface area contributed by atoms with Gasteiger partial charge in [0.15, 0.2) is 14.6 Å². The molecule has 1 saturated heterocycles. The maximum Gasteiger partial charge on any atom is 0.227 e. The maximum atomic E-state index is 12.9.